The van der Waals surface area contributed by atoms with Crippen LogP contribution in [-0.2, 0) is 23.8 Å². The molecule has 1 heterocycles. The molecule has 6 N–H and O–H groups in total. The van der Waals surface area contributed by atoms with E-state index in [9.17, 15) is 35.1 Å². The number of amides is 1. The van der Waals surface area contributed by atoms with Gasteiger partial charge in [-0.2, -0.15) is 0 Å². The van der Waals surface area contributed by atoms with Crippen LogP contribution in [0.15, 0.2) is 72.9 Å². The van der Waals surface area contributed by atoms with Crippen LogP contribution in [0.1, 0.15) is 271 Å². The van der Waals surface area contributed by atoms with E-state index in [1.807, 2.05) is 19.1 Å². The number of ether oxygens (including phenoxy) is 3. The molecule has 7 atom stereocenters. The van der Waals surface area contributed by atoms with E-state index in [0.29, 0.717) is 25.9 Å². The van der Waals surface area contributed by atoms with E-state index in [1.54, 1.807) is 6.08 Å². The van der Waals surface area contributed by atoms with Crippen LogP contribution in [0.25, 0.3) is 0 Å². The van der Waals surface area contributed by atoms with Crippen molar-refractivity contribution in [3.63, 3.8) is 0 Å². The molecule has 446 valence electrons. The average Bonchev–Trinajstić information content (AvgIpc) is 3.43. The van der Waals surface area contributed by atoms with E-state index in [2.05, 4.69) is 66.9 Å². The molecule has 1 aliphatic heterocycles. The zero-order chi connectivity index (χ0) is 55.9. The third-order valence-electron chi connectivity index (χ3n) is 14.6. The number of carbonyl (C=O) groups is 2. The highest BCUT2D eigenvalue weighted by Crippen LogP contribution is 2.23. The Morgan fingerprint density at radius 1 is 0.506 bits per heavy atom. The number of unbranched alkanes of at least 4 members (excludes halogenated alkanes) is 31. The summed E-state index contributed by atoms with van der Waals surface area (Å²) < 4.78 is 16.7. The fourth-order valence-corrected chi connectivity index (χ4v) is 9.56. The second kappa shape index (κ2) is 55.0. The molecule has 1 rings (SSSR count). The Labute approximate surface area is 471 Å². The first kappa shape index (κ1) is 72.1. The van der Waals surface area contributed by atoms with Gasteiger partial charge in [-0.1, -0.05) is 221 Å². The number of esters is 1. The van der Waals surface area contributed by atoms with Crippen LogP contribution in [-0.4, -0.2) is 100 Å². The predicted octanol–water partition coefficient (Wildman–Crippen LogP) is 15.2. The Kier molecular flexibility index (Phi) is 51.5. The largest absolute Gasteiger partial charge is 0.466 e. The molecule has 11 nitrogen and oxygen atoms in total. The van der Waals surface area contributed by atoms with Crippen molar-refractivity contribution >= 4 is 11.9 Å². The number of aliphatic hydroxyl groups excluding tert-OH is 5. The predicted molar refractivity (Wildman–Crippen MR) is 319 cm³/mol. The van der Waals surface area contributed by atoms with Crippen molar-refractivity contribution in [3.8, 4) is 0 Å². The lowest BCUT2D eigenvalue weighted by Gasteiger charge is -2.40. The van der Waals surface area contributed by atoms with Gasteiger partial charge in [0.05, 0.1) is 32.0 Å². The van der Waals surface area contributed by atoms with Gasteiger partial charge in [0.15, 0.2) is 6.29 Å². The van der Waals surface area contributed by atoms with Gasteiger partial charge in [0, 0.05) is 12.8 Å². The molecule has 1 fully saturated rings. The molecule has 77 heavy (non-hydrogen) atoms. The third kappa shape index (κ3) is 44.5. The van der Waals surface area contributed by atoms with Gasteiger partial charge in [0.25, 0.3) is 0 Å². The summed E-state index contributed by atoms with van der Waals surface area (Å²) in [7, 11) is 0. The fourth-order valence-electron chi connectivity index (χ4n) is 9.56. The quantitative estimate of drug-likeness (QED) is 0.0195. The maximum Gasteiger partial charge on any atom is 0.305 e. The number of rotatable bonds is 54. The number of carbonyl (C=O) groups excluding carboxylic acids is 2. The molecular weight excluding hydrogens is 967 g/mol. The number of allylic oxidation sites excluding steroid dienone is 11. The summed E-state index contributed by atoms with van der Waals surface area (Å²) >= 11 is 0. The molecule has 0 aliphatic carbocycles. The van der Waals surface area contributed by atoms with E-state index in [-0.39, 0.29) is 18.5 Å². The molecule has 7 unspecified atom stereocenters. The molecule has 0 saturated carbocycles. The second-order valence-corrected chi connectivity index (χ2v) is 21.7. The lowest BCUT2D eigenvalue weighted by Crippen LogP contribution is -2.60. The molecule has 1 amide bonds. The molecule has 1 aliphatic rings. The van der Waals surface area contributed by atoms with Gasteiger partial charge >= 0.3 is 5.97 Å². The molecule has 0 aromatic carbocycles. The highest BCUT2D eigenvalue weighted by molar-refractivity contribution is 5.76. The maximum atomic E-state index is 13.0. The molecule has 11 heteroatoms. The smallest absolute Gasteiger partial charge is 0.305 e. The molecule has 0 aromatic rings. The monoisotopic (exact) mass is 1080 g/mol. The van der Waals surface area contributed by atoms with Gasteiger partial charge in [-0.05, 0) is 110 Å². The molecule has 1 saturated heterocycles. The SMILES string of the molecule is C/C=C/CC/C=C/CC/C=C/C(O)C(COC1OC(CO)C(O)C(O)C1O)NC(=O)CCCCCCCCCCC/C=C\C/C=C\CCCCCCCCCCCOC(=O)CCCCCCC/C=C\CCCCCCCC. The van der Waals surface area contributed by atoms with Crippen molar-refractivity contribution in [2.75, 3.05) is 19.8 Å². The van der Waals surface area contributed by atoms with Crippen molar-refractivity contribution in [2.24, 2.45) is 0 Å². The highest BCUT2D eigenvalue weighted by atomic mass is 16.7. The first-order valence-corrected chi connectivity index (χ1v) is 31.7. The minimum absolute atomic E-state index is 0.0111. The van der Waals surface area contributed by atoms with Crippen LogP contribution in [0.2, 0.25) is 0 Å². The first-order valence-electron chi connectivity index (χ1n) is 31.7. The van der Waals surface area contributed by atoms with Crippen molar-refractivity contribution in [1.29, 1.82) is 0 Å². The van der Waals surface area contributed by atoms with Crippen LogP contribution in [0.4, 0.5) is 0 Å². The zero-order valence-corrected chi connectivity index (χ0v) is 49.2. The van der Waals surface area contributed by atoms with Crippen LogP contribution in [0.3, 0.4) is 0 Å². The lowest BCUT2D eigenvalue weighted by molar-refractivity contribution is -0.302. The Balaban J connectivity index is 1.99. The van der Waals surface area contributed by atoms with Crippen LogP contribution >= 0.6 is 0 Å². The number of aliphatic hydroxyl groups is 5. The summed E-state index contributed by atoms with van der Waals surface area (Å²) in [6.45, 7) is 4.07. The van der Waals surface area contributed by atoms with E-state index < -0.39 is 49.5 Å². The minimum atomic E-state index is -1.58. The van der Waals surface area contributed by atoms with Crippen molar-refractivity contribution in [2.45, 2.75) is 314 Å². The molecule has 0 radical (unpaired) electrons. The summed E-state index contributed by atoms with van der Waals surface area (Å²) in [5.41, 5.74) is 0. The molecule has 0 aromatic heterocycles. The van der Waals surface area contributed by atoms with Crippen LogP contribution < -0.4 is 5.32 Å². The summed E-state index contributed by atoms with van der Waals surface area (Å²) in [6, 6.07) is -0.839. The van der Waals surface area contributed by atoms with Gasteiger partial charge in [-0.25, -0.2) is 0 Å². The third-order valence-corrected chi connectivity index (χ3v) is 14.6. The van der Waals surface area contributed by atoms with E-state index in [0.717, 1.165) is 83.5 Å². The van der Waals surface area contributed by atoms with Crippen molar-refractivity contribution in [1.82, 2.24) is 5.32 Å². The topological polar surface area (TPSA) is 175 Å². The number of hydrogen-bond donors (Lipinski definition) is 6. The average molecular weight is 1080 g/mol. The van der Waals surface area contributed by atoms with E-state index in [1.165, 1.54) is 154 Å². The standard InChI is InChI=1S/C66H117NO10/c1-3-5-7-9-11-13-14-15-27-31-34-38-42-46-50-54-62(71)75-55-51-47-43-39-35-32-29-26-24-22-20-18-16-17-19-21-23-25-28-30-33-37-41-45-49-53-61(70)67-58(59(69)52-48-44-40-36-12-10-8-6-4-2)57-76-66-65(74)64(73)63(72)60(56-68)77-66/h4,6,12,15,17-20,27,36,48,52,58-60,63-66,68-69,72-74H,3,5,7-11,13-14,16,21-26,28-35,37-47,49-51,53-57H2,1-2H3,(H,67,70)/b6-4+,19-17-,20-18-,27-15-,36-12+,52-48+. The first-order chi connectivity index (χ1) is 37.7. The zero-order valence-electron chi connectivity index (χ0n) is 49.2. The Morgan fingerprint density at radius 3 is 1.44 bits per heavy atom. The van der Waals surface area contributed by atoms with Gasteiger partial charge in [-0.3, -0.25) is 9.59 Å². The Morgan fingerprint density at radius 2 is 0.935 bits per heavy atom. The van der Waals surface area contributed by atoms with Crippen molar-refractivity contribution < 1.29 is 49.3 Å². The minimum Gasteiger partial charge on any atom is -0.466 e. The van der Waals surface area contributed by atoms with Gasteiger partial charge in [0.2, 0.25) is 5.91 Å². The van der Waals surface area contributed by atoms with Gasteiger partial charge in [-0.15, -0.1) is 0 Å². The fraction of sp³-hybridized carbons (Fsp3) is 0.788. The Hall–Kier alpha value is -2.90. The molecule has 0 spiro atoms. The maximum absolute atomic E-state index is 13.0. The van der Waals surface area contributed by atoms with Crippen molar-refractivity contribution in [3.05, 3.63) is 72.9 Å². The Bertz CT molecular complexity index is 1510. The lowest BCUT2D eigenvalue weighted by atomic mass is 9.99. The summed E-state index contributed by atoms with van der Waals surface area (Å²) in [5, 5.41) is 54.1. The highest BCUT2D eigenvalue weighted by Gasteiger charge is 2.44. The molecule has 0 bridgehead atoms. The number of hydrogen-bond acceptors (Lipinski definition) is 10. The number of nitrogens with one attached hydrogen (secondary N) is 1. The van der Waals surface area contributed by atoms with E-state index >= 15 is 0 Å². The van der Waals surface area contributed by atoms with Crippen LogP contribution in [0, 0.1) is 0 Å². The normalized spacial score (nSPS) is 19.1. The van der Waals surface area contributed by atoms with Gasteiger partial charge in [0.1, 0.15) is 24.4 Å². The van der Waals surface area contributed by atoms with E-state index in [4.69, 9.17) is 14.2 Å². The molecular formula is C66H117NO10. The summed E-state index contributed by atoms with van der Waals surface area (Å²) in [6.07, 6.45) is 63.3. The van der Waals surface area contributed by atoms with Crippen LogP contribution in [0.5, 0.6) is 0 Å². The summed E-state index contributed by atoms with van der Waals surface area (Å²) in [4.78, 5) is 25.0. The van der Waals surface area contributed by atoms with Gasteiger partial charge < -0.3 is 45.1 Å². The second-order valence-electron chi connectivity index (χ2n) is 21.7. The summed E-state index contributed by atoms with van der Waals surface area (Å²) in [5.74, 6) is -0.218.